The number of hydrogen-bond acceptors (Lipinski definition) is 9. The van der Waals surface area contributed by atoms with Gasteiger partial charge >= 0.3 is 0 Å². The molecule has 0 amide bonds. The van der Waals surface area contributed by atoms with E-state index in [-0.39, 0.29) is 12.6 Å². The number of anilines is 2. The molecule has 0 radical (unpaired) electrons. The van der Waals surface area contributed by atoms with Crippen molar-refractivity contribution in [1.82, 2.24) is 19.8 Å². The largest absolute Gasteiger partial charge is 0.497 e. The van der Waals surface area contributed by atoms with Gasteiger partial charge in [0.15, 0.2) is 0 Å². The summed E-state index contributed by atoms with van der Waals surface area (Å²) in [6.45, 7) is 4.29. The third-order valence-corrected chi connectivity index (χ3v) is 6.97. The number of nitrogens with one attached hydrogen (secondary N) is 1. The third-order valence-electron chi connectivity index (χ3n) is 6.97. The van der Waals surface area contributed by atoms with Crippen LogP contribution in [0.25, 0.3) is 11.3 Å². The van der Waals surface area contributed by atoms with Crippen molar-refractivity contribution in [3.63, 3.8) is 0 Å². The van der Waals surface area contributed by atoms with Crippen LogP contribution in [-0.2, 0) is 13.1 Å². The highest BCUT2D eigenvalue weighted by Gasteiger charge is 2.24. The number of ether oxygens (including phenoxy) is 2. The lowest BCUT2D eigenvalue weighted by molar-refractivity contribution is 0.153. The summed E-state index contributed by atoms with van der Waals surface area (Å²) in [6.07, 6.45) is 4.85. The molecule has 1 saturated heterocycles. The molecule has 0 saturated carbocycles. The zero-order valence-corrected chi connectivity index (χ0v) is 22.7. The fraction of sp³-hybridized carbons (Fsp3) is 0.448. The zero-order chi connectivity index (χ0) is 26.9. The summed E-state index contributed by atoms with van der Waals surface area (Å²) in [6, 6.07) is 14.3. The van der Waals surface area contributed by atoms with Gasteiger partial charge in [-0.25, -0.2) is 9.97 Å². The Kier molecular flexibility index (Phi) is 9.89. The van der Waals surface area contributed by atoms with E-state index in [1.54, 1.807) is 20.4 Å². The van der Waals surface area contributed by atoms with Gasteiger partial charge < -0.3 is 30.5 Å². The van der Waals surface area contributed by atoms with E-state index in [1.165, 1.54) is 0 Å². The van der Waals surface area contributed by atoms with Crippen LogP contribution in [-0.4, -0.2) is 78.4 Å². The molecule has 38 heavy (non-hydrogen) atoms. The van der Waals surface area contributed by atoms with E-state index in [4.69, 9.17) is 20.2 Å². The van der Waals surface area contributed by atoms with Crippen LogP contribution < -0.4 is 20.5 Å². The maximum absolute atomic E-state index is 9.70. The standard InChI is InChI=1S/C29H40N6O3/c1-34(12-5-10-30)19-23-16-22(7-8-28(23)38-3)27-9-11-31-29(33-27)32-24-14-21(15-26(17-24)37-2)18-35-13-4-6-25(35)20-36/h7-9,11,14-17,25,36H,4-6,10,12-13,18-20,30H2,1-3H3,(H,31,32,33)/t25-/m0/s1. The first-order valence-electron chi connectivity index (χ1n) is 13.2. The molecule has 0 unspecified atom stereocenters. The Labute approximate surface area is 225 Å². The topological polar surface area (TPSA) is 109 Å². The van der Waals surface area contributed by atoms with Gasteiger partial charge in [-0.15, -0.1) is 0 Å². The summed E-state index contributed by atoms with van der Waals surface area (Å²) in [5.74, 6) is 2.12. The first-order valence-corrected chi connectivity index (χ1v) is 13.2. The van der Waals surface area contributed by atoms with E-state index in [2.05, 4.69) is 39.3 Å². The average molecular weight is 521 g/mol. The number of hydrogen-bond donors (Lipinski definition) is 3. The second-order valence-corrected chi connectivity index (χ2v) is 9.82. The highest BCUT2D eigenvalue weighted by atomic mass is 16.5. The first kappa shape index (κ1) is 27.8. The Morgan fingerprint density at radius 2 is 2.03 bits per heavy atom. The molecule has 1 fully saturated rings. The van der Waals surface area contributed by atoms with E-state index in [9.17, 15) is 5.11 Å². The summed E-state index contributed by atoms with van der Waals surface area (Å²) in [5, 5.41) is 13.1. The number of aromatic nitrogens is 2. The minimum Gasteiger partial charge on any atom is -0.497 e. The number of methoxy groups -OCH3 is 2. The molecular weight excluding hydrogens is 480 g/mol. The van der Waals surface area contributed by atoms with Crippen LogP contribution in [0, 0.1) is 0 Å². The molecule has 1 atom stereocenters. The molecule has 0 bridgehead atoms. The van der Waals surface area contributed by atoms with Crippen LogP contribution in [0.5, 0.6) is 11.5 Å². The molecule has 204 valence electrons. The number of aliphatic hydroxyl groups excluding tert-OH is 1. The normalized spacial score (nSPS) is 15.7. The Bertz CT molecular complexity index is 1190. The molecule has 3 aromatic rings. The molecule has 1 aliphatic heterocycles. The number of nitrogens with zero attached hydrogens (tertiary/aromatic N) is 4. The van der Waals surface area contributed by atoms with Crippen molar-refractivity contribution in [2.75, 3.05) is 52.8 Å². The Morgan fingerprint density at radius 1 is 1.16 bits per heavy atom. The SMILES string of the molecule is COc1cc(CN2CCC[C@H]2CO)cc(Nc2nccc(-c3ccc(OC)c(CN(C)CCCN)c3)n2)c1. The minimum absolute atomic E-state index is 0.187. The lowest BCUT2D eigenvalue weighted by atomic mass is 10.1. The van der Waals surface area contributed by atoms with E-state index < -0.39 is 0 Å². The van der Waals surface area contributed by atoms with Gasteiger partial charge in [-0.2, -0.15) is 0 Å². The lowest BCUT2D eigenvalue weighted by Gasteiger charge is -2.23. The predicted octanol–water partition coefficient (Wildman–Crippen LogP) is 3.64. The highest BCUT2D eigenvalue weighted by Crippen LogP contribution is 2.29. The number of likely N-dealkylation sites (tertiary alicyclic amines) is 1. The summed E-state index contributed by atoms with van der Waals surface area (Å²) < 4.78 is 11.2. The van der Waals surface area contributed by atoms with Crippen LogP contribution in [0.4, 0.5) is 11.6 Å². The van der Waals surface area contributed by atoms with Gasteiger partial charge in [0.1, 0.15) is 11.5 Å². The maximum Gasteiger partial charge on any atom is 0.227 e. The first-order chi connectivity index (χ1) is 18.5. The lowest BCUT2D eigenvalue weighted by Crippen LogP contribution is -2.31. The summed E-state index contributed by atoms with van der Waals surface area (Å²) in [4.78, 5) is 13.8. The van der Waals surface area contributed by atoms with Gasteiger partial charge in [0, 0.05) is 48.2 Å². The van der Waals surface area contributed by atoms with Gasteiger partial charge in [-0.1, -0.05) is 0 Å². The molecule has 9 heteroatoms. The van der Waals surface area contributed by atoms with Gasteiger partial charge in [-0.05, 0) is 87.9 Å². The van der Waals surface area contributed by atoms with Crippen LogP contribution in [0.1, 0.15) is 30.4 Å². The van der Waals surface area contributed by atoms with Crippen LogP contribution in [0.15, 0.2) is 48.7 Å². The van der Waals surface area contributed by atoms with Gasteiger partial charge in [0.2, 0.25) is 5.95 Å². The summed E-state index contributed by atoms with van der Waals surface area (Å²) in [7, 11) is 5.45. The van der Waals surface area contributed by atoms with Crippen molar-refractivity contribution in [1.29, 1.82) is 0 Å². The predicted molar refractivity (Wildman–Crippen MR) is 151 cm³/mol. The maximum atomic E-state index is 9.70. The minimum atomic E-state index is 0.187. The van der Waals surface area contributed by atoms with Gasteiger partial charge in [-0.3, -0.25) is 4.90 Å². The zero-order valence-electron chi connectivity index (χ0n) is 22.7. The van der Waals surface area contributed by atoms with Gasteiger partial charge in [0.25, 0.3) is 0 Å². The van der Waals surface area contributed by atoms with Crippen molar-refractivity contribution in [2.45, 2.75) is 38.4 Å². The van der Waals surface area contributed by atoms with E-state index in [0.29, 0.717) is 12.5 Å². The second kappa shape index (κ2) is 13.5. The van der Waals surface area contributed by atoms with Crippen LogP contribution in [0.2, 0.25) is 0 Å². The molecule has 1 aliphatic rings. The fourth-order valence-electron chi connectivity index (χ4n) is 4.99. The smallest absolute Gasteiger partial charge is 0.227 e. The number of rotatable bonds is 13. The molecule has 4 rings (SSSR count). The Hall–Kier alpha value is -3.24. The monoisotopic (exact) mass is 520 g/mol. The highest BCUT2D eigenvalue weighted by molar-refractivity contribution is 5.65. The molecule has 1 aromatic heterocycles. The molecule has 2 heterocycles. The third kappa shape index (κ3) is 7.20. The Morgan fingerprint density at radius 3 is 2.79 bits per heavy atom. The molecule has 2 aromatic carbocycles. The van der Waals surface area contributed by atoms with Crippen LogP contribution >= 0.6 is 0 Å². The summed E-state index contributed by atoms with van der Waals surface area (Å²) >= 11 is 0. The average Bonchev–Trinajstić information content (AvgIpc) is 3.38. The van der Waals surface area contributed by atoms with Crippen molar-refractivity contribution in [3.8, 4) is 22.8 Å². The Balaban J connectivity index is 1.54. The number of nitrogens with two attached hydrogens (primary N) is 1. The van der Waals surface area contributed by atoms with E-state index in [0.717, 1.165) is 85.0 Å². The van der Waals surface area contributed by atoms with E-state index >= 15 is 0 Å². The molecular formula is C29H40N6O3. The van der Waals surface area contributed by atoms with Crippen molar-refractivity contribution in [3.05, 3.63) is 59.8 Å². The van der Waals surface area contributed by atoms with Crippen molar-refractivity contribution < 1.29 is 14.6 Å². The molecule has 0 aliphatic carbocycles. The quantitative estimate of drug-likeness (QED) is 0.311. The van der Waals surface area contributed by atoms with Crippen LogP contribution in [0.3, 0.4) is 0 Å². The molecule has 9 nitrogen and oxygen atoms in total. The number of benzene rings is 2. The number of aliphatic hydroxyl groups is 1. The van der Waals surface area contributed by atoms with Crippen molar-refractivity contribution >= 4 is 11.6 Å². The molecule has 4 N–H and O–H groups in total. The second-order valence-electron chi connectivity index (χ2n) is 9.82. The van der Waals surface area contributed by atoms with Gasteiger partial charge in [0.05, 0.1) is 26.5 Å². The van der Waals surface area contributed by atoms with E-state index in [1.807, 2.05) is 30.3 Å². The van der Waals surface area contributed by atoms with Crippen molar-refractivity contribution in [2.24, 2.45) is 5.73 Å². The molecule has 0 spiro atoms. The summed E-state index contributed by atoms with van der Waals surface area (Å²) in [5.41, 5.74) is 10.6. The fourth-order valence-corrected chi connectivity index (χ4v) is 4.99.